The second kappa shape index (κ2) is 10.9. The topological polar surface area (TPSA) is 26.3 Å². The zero-order valence-corrected chi connectivity index (χ0v) is 14.0. The second-order valence-corrected chi connectivity index (χ2v) is 6.69. The number of hydrogen-bond donors (Lipinski definition) is 0. The van der Waals surface area contributed by atoms with Gasteiger partial charge in [-0.3, -0.25) is 4.79 Å². The molecule has 0 aliphatic rings. The van der Waals surface area contributed by atoms with Crippen LogP contribution in [0.2, 0.25) is 0 Å². The van der Waals surface area contributed by atoms with Crippen molar-refractivity contribution in [2.24, 2.45) is 11.3 Å². The van der Waals surface area contributed by atoms with E-state index in [9.17, 15) is 4.79 Å². The molecular weight excluding hydrogens is 248 g/mol. The van der Waals surface area contributed by atoms with Crippen molar-refractivity contribution in [3.63, 3.8) is 0 Å². The summed E-state index contributed by atoms with van der Waals surface area (Å²) >= 11 is 0. The minimum atomic E-state index is -0.0268. The van der Waals surface area contributed by atoms with Gasteiger partial charge in [0.05, 0.1) is 13.0 Å². The first kappa shape index (κ1) is 19.2. The van der Waals surface area contributed by atoms with Gasteiger partial charge in [0.2, 0.25) is 0 Å². The van der Waals surface area contributed by atoms with Gasteiger partial charge in [-0.1, -0.05) is 46.6 Å². The van der Waals surface area contributed by atoms with Crippen LogP contribution in [0.1, 0.15) is 79.1 Å². The number of allylic oxidation sites excluding steroid dienone is 1. The molecule has 0 radical (unpaired) electrons. The Balaban J connectivity index is 4.26. The van der Waals surface area contributed by atoms with E-state index >= 15 is 0 Å². The lowest BCUT2D eigenvalue weighted by Crippen LogP contribution is -2.24. The standard InChI is InChI=1S/C18H34O2/c1-6-8-9-10-11-12-18(5,14-16(3)4)15-17(19)20-13-7-2/h6,16H,1,7-15H2,2-5H3. The van der Waals surface area contributed by atoms with Crippen molar-refractivity contribution >= 4 is 5.97 Å². The minimum Gasteiger partial charge on any atom is -0.466 e. The van der Waals surface area contributed by atoms with Crippen LogP contribution in [-0.4, -0.2) is 12.6 Å². The molecular formula is C18H34O2. The molecule has 1 unspecified atom stereocenters. The average Bonchev–Trinajstić information content (AvgIpc) is 2.35. The zero-order chi connectivity index (χ0) is 15.4. The van der Waals surface area contributed by atoms with Gasteiger partial charge in [-0.25, -0.2) is 0 Å². The first-order valence-electron chi connectivity index (χ1n) is 8.20. The fraction of sp³-hybridized carbons (Fsp3) is 0.833. The first-order valence-corrected chi connectivity index (χ1v) is 8.20. The van der Waals surface area contributed by atoms with Crippen molar-refractivity contribution in [3.8, 4) is 0 Å². The second-order valence-electron chi connectivity index (χ2n) is 6.69. The number of carbonyl (C=O) groups is 1. The molecule has 2 nitrogen and oxygen atoms in total. The summed E-state index contributed by atoms with van der Waals surface area (Å²) in [4.78, 5) is 11.9. The van der Waals surface area contributed by atoms with Crippen molar-refractivity contribution in [3.05, 3.63) is 12.7 Å². The Bertz CT molecular complexity index is 271. The third kappa shape index (κ3) is 10.1. The van der Waals surface area contributed by atoms with Crippen LogP contribution in [-0.2, 0) is 9.53 Å². The third-order valence-corrected chi connectivity index (χ3v) is 3.63. The summed E-state index contributed by atoms with van der Waals surface area (Å²) in [5.74, 6) is 0.591. The molecule has 0 aromatic carbocycles. The molecule has 0 saturated carbocycles. The fourth-order valence-electron chi connectivity index (χ4n) is 2.88. The summed E-state index contributed by atoms with van der Waals surface area (Å²) in [5, 5.41) is 0. The molecule has 1 atom stereocenters. The lowest BCUT2D eigenvalue weighted by molar-refractivity contribution is -0.146. The van der Waals surface area contributed by atoms with E-state index < -0.39 is 0 Å². The minimum absolute atomic E-state index is 0.0268. The van der Waals surface area contributed by atoms with Gasteiger partial charge in [-0.2, -0.15) is 0 Å². The monoisotopic (exact) mass is 282 g/mol. The summed E-state index contributed by atoms with van der Waals surface area (Å²) < 4.78 is 5.26. The lowest BCUT2D eigenvalue weighted by atomic mass is 9.75. The first-order chi connectivity index (χ1) is 9.43. The van der Waals surface area contributed by atoms with Crippen LogP contribution >= 0.6 is 0 Å². The van der Waals surface area contributed by atoms with Gasteiger partial charge in [0.15, 0.2) is 0 Å². The molecule has 0 spiro atoms. The maximum absolute atomic E-state index is 11.9. The van der Waals surface area contributed by atoms with Gasteiger partial charge in [0.1, 0.15) is 0 Å². The van der Waals surface area contributed by atoms with Crippen molar-refractivity contribution < 1.29 is 9.53 Å². The van der Waals surface area contributed by atoms with E-state index in [0.29, 0.717) is 18.9 Å². The normalized spacial score (nSPS) is 14.1. The van der Waals surface area contributed by atoms with Gasteiger partial charge in [0.25, 0.3) is 0 Å². The molecule has 118 valence electrons. The Morgan fingerprint density at radius 1 is 1.30 bits per heavy atom. The largest absolute Gasteiger partial charge is 0.466 e. The van der Waals surface area contributed by atoms with Crippen LogP contribution in [0.15, 0.2) is 12.7 Å². The number of hydrogen-bond acceptors (Lipinski definition) is 2. The molecule has 2 heteroatoms. The molecule has 0 amide bonds. The quantitative estimate of drug-likeness (QED) is 0.268. The van der Waals surface area contributed by atoms with Gasteiger partial charge in [0, 0.05) is 0 Å². The molecule has 0 rings (SSSR count). The molecule has 20 heavy (non-hydrogen) atoms. The average molecular weight is 282 g/mol. The smallest absolute Gasteiger partial charge is 0.306 e. The zero-order valence-electron chi connectivity index (χ0n) is 14.0. The van der Waals surface area contributed by atoms with Crippen molar-refractivity contribution in [2.45, 2.75) is 79.1 Å². The van der Waals surface area contributed by atoms with E-state index in [1.165, 1.54) is 19.3 Å². The Morgan fingerprint density at radius 2 is 2.00 bits per heavy atom. The molecule has 0 aromatic rings. The van der Waals surface area contributed by atoms with Crippen LogP contribution in [0.3, 0.4) is 0 Å². The maximum atomic E-state index is 11.9. The fourth-order valence-corrected chi connectivity index (χ4v) is 2.88. The number of carbonyl (C=O) groups excluding carboxylic acids is 1. The Kier molecular flexibility index (Phi) is 10.5. The van der Waals surface area contributed by atoms with E-state index in [-0.39, 0.29) is 11.4 Å². The summed E-state index contributed by atoms with van der Waals surface area (Å²) in [5.41, 5.74) is 0.0904. The molecule has 0 fully saturated rings. The molecule has 0 heterocycles. The number of ether oxygens (including phenoxy) is 1. The molecule has 0 aliphatic carbocycles. The lowest BCUT2D eigenvalue weighted by Gasteiger charge is -2.30. The molecule has 0 saturated heterocycles. The molecule has 0 aliphatic heterocycles. The highest BCUT2D eigenvalue weighted by molar-refractivity contribution is 5.70. The molecule has 0 aromatic heterocycles. The van der Waals surface area contributed by atoms with Crippen LogP contribution in [0.25, 0.3) is 0 Å². The summed E-state index contributed by atoms with van der Waals surface area (Å²) in [6.45, 7) is 13.0. The number of unbranched alkanes of at least 4 members (excludes halogenated alkanes) is 3. The van der Waals surface area contributed by atoms with Gasteiger partial charge in [-0.15, -0.1) is 6.58 Å². The summed E-state index contributed by atoms with van der Waals surface area (Å²) in [6, 6.07) is 0. The molecule has 0 N–H and O–H groups in total. The SMILES string of the molecule is C=CCCCCCC(C)(CC(=O)OCCC)CC(C)C. The third-order valence-electron chi connectivity index (χ3n) is 3.63. The van der Waals surface area contributed by atoms with E-state index in [0.717, 1.165) is 25.7 Å². The van der Waals surface area contributed by atoms with Gasteiger partial charge >= 0.3 is 5.97 Å². The van der Waals surface area contributed by atoms with E-state index in [2.05, 4.69) is 27.4 Å². The predicted molar refractivity (Wildman–Crippen MR) is 86.7 cm³/mol. The summed E-state index contributed by atoms with van der Waals surface area (Å²) in [6.07, 6.45) is 10.4. The van der Waals surface area contributed by atoms with Crippen molar-refractivity contribution in [1.29, 1.82) is 0 Å². The van der Waals surface area contributed by atoms with Crippen molar-refractivity contribution in [2.75, 3.05) is 6.61 Å². The van der Waals surface area contributed by atoms with E-state index in [4.69, 9.17) is 4.74 Å². The highest BCUT2D eigenvalue weighted by Crippen LogP contribution is 2.36. The highest BCUT2D eigenvalue weighted by atomic mass is 16.5. The van der Waals surface area contributed by atoms with Crippen LogP contribution in [0.5, 0.6) is 0 Å². The van der Waals surface area contributed by atoms with E-state index in [1.54, 1.807) is 0 Å². The molecule has 0 bridgehead atoms. The summed E-state index contributed by atoms with van der Waals surface area (Å²) in [7, 11) is 0. The Morgan fingerprint density at radius 3 is 2.55 bits per heavy atom. The predicted octanol–water partition coefficient (Wildman–Crippen LogP) is 5.52. The van der Waals surface area contributed by atoms with Gasteiger partial charge in [-0.05, 0) is 43.4 Å². The number of rotatable bonds is 12. The van der Waals surface area contributed by atoms with Crippen LogP contribution in [0, 0.1) is 11.3 Å². The Labute approximate surface area is 126 Å². The number of esters is 1. The Hall–Kier alpha value is -0.790. The highest BCUT2D eigenvalue weighted by Gasteiger charge is 2.28. The van der Waals surface area contributed by atoms with Crippen LogP contribution < -0.4 is 0 Å². The van der Waals surface area contributed by atoms with E-state index in [1.807, 2.05) is 13.0 Å². The van der Waals surface area contributed by atoms with Crippen molar-refractivity contribution in [1.82, 2.24) is 0 Å². The van der Waals surface area contributed by atoms with Crippen LogP contribution in [0.4, 0.5) is 0 Å². The maximum Gasteiger partial charge on any atom is 0.306 e. The van der Waals surface area contributed by atoms with Gasteiger partial charge < -0.3 is 4.74 Å².